The Kier molecular flexibility index (Phi) is 14.6. The summed E-state index contributed by atoms with van der Waals surface area (Å²) in [4.78, 5) is 133. The summed E-state index contributed by atoms with van der Waals surface area (Å²) in [5.74, 6) is -17.3. The van der Waals surface area contributed by atoms with Gasteiger partial charge >= 0.3 is 35.8 Å². The van der Waals surface area contributed by atoms with Crippen molar-refractivity contribution in [3.63, 3.8) is 0 Å². The highest BCUT2D eigenvalue weighted by molar-refractivity contribution is 6.02. The van der Waals surface area contributed by atoms with Crippen LogP contribution in [0.25, 0.3) is 0 Å². The predicted octanol–water partition coefficient (Wildman–Crippen LogP) is 5.02. The lowest BCUT2D eigenvalue weighted by molar-refractivity contribution is -0.170. The molecule has 2 heterocycles. The van der Waals surface area contributed by atoms with Gasteiger partial charge in [0, 0.05) is 52.8 Å². The lowest BCUT2D eigenvalue weighted by atomic mass is 9.53. The monoisotopic (exact) mass is 1150 g/mol. The van der Waals surface area contributed by atoms with Crippen LogP contribution in [0.2, 0.25) is 0 Å². The second-order valence-electron chi connectivity index (χ2n) is 21.9. The number of hydroxylamine groups is 1. The van der Waals surface area contributed by atoms with Crippen LogP contribution in [0.1, 0.15) is 11.6 Å². The number of carboxylic acid groups (broad SMARTS) is 2. The van der Waals surface area contributed by atoms with E-state index in [-0.39, 0.29) is 13.1 Å². The molecular formula is C60H52N4O20. The highest BCUT2D eigenvalue weighted by atomic mass is 16.6. The highest BCUT2D eigenvalue weighted by Crippen LogP contribution is 2.57. The van der Waals surface area contributed by atoms with E-state index in [4.69, 9.17) is 33.3 Å². The predicted molar refractivity (Wildman–Crippen MR) is 283 cm³/mol. The van der Waals surface area contributed by atoms with Crippen LogP contribution < -0.4 is 30.7 Å². The molecule has 19 atom stereocenters. The third-order valence-corrected chi connectivity index (χ3v) is 18.0. The molecule has 2 aliphatic heterocycles. The molecule has 0 radical (unpaired) electrons. The second kappa shape index (κ2) is 22.3. The van der Waals surface area contributed by atoms with Crippen LogP contribution in [-0.4, -0.2) is 101 Å². The smallest absolute Gasteiger partial charge is 0.318 e. The van der Waals surface area contributed by atoms with Crippen LogP contribution in [0.4, 0.5) is 17.1 Å². The normalized spacial score (nSPS) is 32.7. The summed E-state index contributed by atoms with van der Waals surface area (Å²) in [6, 6.07) is 24.2. The number of carboxylic acids is 2. The number of benzene rings is 4. The number of carbonyl (C=O) groups is 10. The average molecular weight is 1150 g/mol. The van der Waals surface area contributed by atoms with Crippen molar-refractivity contribution >= 4 is 78.1 Å². The van der Waals surface area contributed by atoms with E-state index in [0.29, 0.717) is 58.5 Å². The number of ether oxygens (including phenoxy) is 6. The van der Waals surface area contributed by atoms with E-state index >= 15 is 0 Å². The van der Waals surface area contributed by atoms with Crippen molar-refractivity contribution in [3.05, 3.63) is 139 Å². The molecule has 4 aromatic rings. The molecular weight excluding hydrogens is 1100 g/mol. The quantitative estimate of drug-likeness (QED) is 0.0150. The van der Waals surface area contributed by atoms with E-state index < -0.39 is 155 Å². The molecule has 24 nitrogen and oxygen atoms in total. The highest BCUT2D eigenvalue weighted by Gasteiger charge is 2.66. The number of aliphatic carboxylic acids is 2. The minimum Gasteiger partial charge on any atom is -0.481 e. The van der Waals surface area contributed by atoms with Gasteiger partial charge in [-0.25, -0.2) is 0 Å². The number of nitrogens with one attached hydrogen (secondary N) is 3. The van der Waals surface area contributed by atoms with Crippen molar-refractivity contribution in [3.8, 4) is 23.0 Å². The molecule has 4 aromatic carbocycles. The zero-order valence-corrected chi connectivity index (χ0v) is 43.8. The molecule has 6 bridgehead atoms. The molecule has 84 heavy (non-hydrogen) atoms. The summed E-state index contributed by atoms with van der Waals surface area (Å²) in [6.45, 7) is 0.467. The van der Waals surface area contributed by atoms with E-state index in [1.807, 2.05) is 0 Å². The van der Waals surface area contributed by atoms with Gasteiger partial charge in [-0.1, -0.05) is 48.6 Å². The molecule has 2 saturated heterocycles. The first-order chi connectivity index (χ1) is 40.7. The summed E-state index contributed by atoms with van der Waals surface area (Å²) in [5, 5.41) is 34.3. The Hall–Kier alpha value is -9.52. The summed E-state index contributed by atoms with van der Waals surface area (Å²) in [5.41, 5.74) is 6.92. The van der Waals surface area contributed by atoms with Gasteiger partial charge in [-0.05, 0) is 96.4 Å². The average Bonchev–Trinajstić information content (AvgIpc) is 1.49. The summed E-state index contributed by atoms with van der Waals surface area (Å²) >= 11 is 0. The fourth-order valence-electron chi connectivity index (χ4n) is 14.6. The van der Waals surface area contributed by atoms with Crippen molar-refractivity contribution in [2.24, 2.45) is 88.8 Å². The number of esters is 4. The number of carbonyl (C=O) groups excluding carboxylic acids is 8. The lowest BCUT2D eigenvalue weighted by Crippen LogP contribution is -2.62. The summed E-state index contributed by atoms with van der Waals surface area (Å²) in [7, 11) is 0. The Balaban J connectivity index is 0.655. The molecule has 15 rings (SSSR count). The van der Waals surface area contributed by atoms with Gasteiger partial charge in [-0.3, -0.25) is 58.3 Å². The van der Waals surface area contributed by atoms with E-state index in [1.165, 1.54) is 4.90 Å². The van der Waals surface area contributed by atoms with Crippen LogP contribution in [0, 0.1) is 88.8 Å². The number of rotatable bonds is 22. The minimum atomic E-state index is -1.25. The maximum Gasteiger partial charge on any atom is 0.318 e. The fraction of sp³-hybridized carbons (Fsp3) is 0.333. The number of anilines is 3. The van der Waals surface area contributed by atoms with Crippen LogP contribution in [-0.2, 0) is 71.7 Å². The molecule has 0 aromatic heterocycles. The van der Waals surface area contributed by atoms with Gasteiger partial charge < -0.3 is 54.1 Å². The number of nitrogens with zero attached hydrogens (tertiary/aromatic N) is 1. The first-order valence-electron chi connectivity index (χ1n) is 27.0. The van der Waals surface area contributed by atoms with Crippen molar-refractivity contribution in [2.75, 3.05) is 22.3 Å². The van der Waals surface area contributed by atoms with Crippen LogP contribution in [0.15, 0.2) is 134 Å². The van der Waals surface area contributed by atoms with Crippen molar-refractivity contribution in [1.29, 1.82) is 0 Å². The van der Waals surface area contributed by atoms with E-state index in [2.05, 4.69) is 16.3 Å². The van der Waals surface area contributed by atoms with Gasteiger partial charge in [0.25, 0.3) is 12.9 Å². The molecule has 6 N–H and O–H groups in total. The molecule has 11 aliphatic rings. The number of amides is 2. The molecule has 9 aliphatic carbocycles. The van der Waals surface area contributed by atoms with Gasteiger partial charge in [0.15, 0.2) is 0 Å². The maximum atomic E-state index is 13.6. The maximum absolute atomic E-state index is 13.6. The number of hydrogen-bond acceptors (Lipinski definition) is 20. The summed E-state index contributed by atoms with van der Waals surface area (Å²) < 4.78 is 33.0. The standard InChI is InChI=1S/C60H52N4O20/c65-24-64(51-38-20-22-40(53(51)79-26-67)49-48(38)59(75)84-60(49)76)30-7-15-34(16-8-30)81-31-9-1-27(2-10-31)50(62-77)42-39-21-17-35(44(42)55(69)70)41(52(39)78-25-66)23-80-63-29-5-13-33(14-6-29)82-32-11-3-28(4-12-32)61-54(68)43-36-18-19-37(45(43)56(71)72)47-46(36)57(73)83-58(47)74/h1-22,24-26,35-53,62-63,77H,23H2,(H,61,68)(H,69,70)(H,71,72). The first kappa shape index (κ1) is 55.0. The Morgan fingerprint density at radius 2 is 1.01 bits per heavy atom. The van der Waals surface area contributed by atoms with Gasteiger partial charge in [0.2, 0.25) is 12.3 Å². The molecule has 3 saturated carbocycles. The van der Waals surface area contributed by atoms with E-state index in [9.17, 15) is 63.4 Å². The van der Waals surface area contributed by atoms with Crippen molar-refractivity contribution < 1.29 is 96.6 Å². The zero-order chi connectivity index (χ0) is 58.7. The van der Waals surface area contributed by atoms with Gasteiger partial charge in [0.1, 0.15) is 35.2 Å². The molecule has 19 unspecified atom stereocenters. The van der Waals surface area contributed by atoms with E-state index in [0.717, 1.165) is 0 Å². The fourth-order valence-corrected chi connectivity index (χ4v) is 14.6. The number of fused-ring (bicyclic) bond motifs is 4. The lowest BCUT2D eigenvalue weighted by Gasteiger charge is -2.52. The first-order valence-corrected chi connectivity index (χ1v) is 27.0. The number of allylic oxidation sites excluding steroid dienone is 3. The van der Waals surface area contributed by atoms with Crippen LogP contribution in [0.5, 0.6) is 23.0 Å². The van der Waals surface area contributed by atoms with Gasteiger partial charge in [-0.15, -0.1) is 0 Å². The van der Waals surface area contributed by atoms with Gasteiger partial charge in [-0.2, -0.15) is 5.48 Å². The molecule has 24 heteroatoms. The molecule has 2 amide bonds. The number of hydrogen-bond donors (Lipinski definition) is 6. The third-order valence-electron chi connectivity index (χ3n) is 18.0. The number of cyclic esters (lactones) is 4. The SMILES string of the molecule is O=COC1C2C=CC(C1CONc1ccc(Oc3ccc(NC(=O)C4C5C=CC(C4C(=O)O)C4C(=O)OC(=O)C54)cc3)cc1)C(C(=O)O)C2C(NO)c1ccc(Oc2ccc(N(C=O)C3C4C=CC(C3OC=O)C3C(=O)OC(=O)C43)cc2)cc1. The van der Waals surface area contributed by atoms with Crippen LogP contribution in [0.3, 0.4) is 0 Å². The Morgan fingerprint density at radius 1 is 0.548 bits per heavy atom. The second-order valence-corrected chi connectivity index (χ2v) is 21.9. The topological polar surface area (TPSA) is 335 Å². The third kappa shape index (κ3) is 9.50. The van der Waals surface area contributed by atoms with E-state index in [1.54, 1.807) is 134 Å². The Bertz CT molecular complexity index is 3410. The Labute approximate surface area is 476 Å². The minimum absolute atomic E-state index is 0.0878. The molecule has 0 spiro atoms. The van der Waals surface area contributed by atoms with Gasteiger partial charge in [0.05, 0.1) is 65.8 Å². The van der Waals surface area contributed by atoms with Crippen molar-refractivity contribution in [1.82, 2.24) is 5.48 Å². The van der Waals surface area contributed by atoms with Crippen molar-refractivity contribution in [2.45, 2.75) is 24.3 Å². The zero-order valence-electron chi connectivity index (χ0n) is 43.8. The summed E-state index contributed by atoms with van der Waals surface area (Å²) in [6.07, 6.45) is 9.03. The van der Waals surface area contributed by atoms with Crippen LogP contribution >= 0.6 is 0 Å². The molecule has 5 fully saturated rings. The largest absolute Gasteiger partial charge is 0.481 e. The molecule has 432 valence electrons. The Morgan fingerprint density at radius 3 is 1.56 bits per heavy atom.